The van der Waals surface area contributed by atoms with Crippen molar-refractivity contribution < 1.29 is 14.3 Å². The smallest absolute Gasteiger partial charge is 0.305 e. The van der Waals surface area contributed by atoms with Crippen LogP contribution in [0.3, 0.4) is 0 Å². The predicted molar refractivity (Wildman–Crippen MR) is 90.5 cm³/mol. The normalized spacial score (nSPS) is 10.7. The van der Waals surface area contributed by atoms with E-state index >= 15 is 0 Å². The van der Waals surface area contributed by atoms with Crippen LogP contribution in [0.25, 0.3) is 0 Å². The maximum Gasteiger partial charge on any atom is 0.305 e. The maximum absolute atomic E-state index is 11.2. The Bertz CT molecular complexity index is 556. The number of carbonyl (C=O) groups excluding carboxylic acids is 1. The number of anilines is 1. The number of hydrogen-bond donors (Lipinski definition) is 1. The van der Waals surface area contributed by atoms with Crippen molar-refractivity contribution in [1.82, 2.24) is 0 Å². The molecule has 0 spiro atoms. The molecular formula is C18H26N2O3. The summed E-state index contributed by atoms with van der Waals surface area (Å²) in [7, 11) is 0. The number of rotatable bonds is 8. The maximum atomic E-state index is 11.2. The van der Waals surface area contributed by atoms with Crippen LogP contribution in [0, 0.1) is 16.7 Å². The molecule has 5 nitrogen and oxygen atoms in total. The highest BCUT2D eigenvalue weighted by Crippen LogP contribution is 2.24. The van der Waals surface area contributed by atoms with Crippen molar-refractivity contribution in [2.75, 3.05) is 25.1 Å². The van der Waals surface area contributed by atoms with Gasteiger partial charge < -0.3 is 14.8 Å². The number of esters is 1. The SMILES string of the molecule is CCOC(=O)CCCNc1ccc(OCC(C)(C)C)c(C#N)c1. The summed E-state index contributed by atoms with van der Waals surface area (Å²) < 4.78 is 10.6. The fourth-order valence-corrected chi connectivity index (χ4v) is 1.85. The molecule has 0 atom stereocenters. The molecule has 0 heterocycles. The second-order valence-corrected chi connectivity index (χ2v) is 6.51. The Morgan fingerprint density at radius 2 is 2.09 bits per heavy atom. The first kappa shape index (κ1) is 18.8. The Kier molecular flexibility index (Phi) is 7.40. The fourth-order valence-electron chi connectivity index (χ4n) is 1.85. The van der Waals surface area contributed by atoms with Crippen molar-refractivity contribution in [2.45, 2.75) is 40.5 Å². The minimum Gasteiger partial charge on any atom is -0.492 e. The Labute approximate surface area is 138 Å². The second kappa shape index (κ2) is 9.04. The number of hydrogen-bond acceptors (Lipinski definition) is 5. The highest BCUT2D eigenvalue weighted by atomic mass is 16.5. The molecule has 23 heavy (non-hydrogen) atoms. The monoisotopic (exact) mass is 318 g/mol. The molecule has 1 N–H and O–H groups in total. The molecule has 0 aromatic heterocycles. The first-order chi connectivity index (χ1) is 10.9. The molecule has 0 radical (unpaired) electrons. The minimum atomic E-state index is -0.182. The summed E-state index contributed by atoms with van der Waals surface area (Å²) in [5.41, 5.74) is 1.38. The van der Waals surface area contributed by atoms with Crippen LogP contribution in [-0.4, -0.2) is 25.7 Å². The second-order valence-electron chi connectivity index (χ2n) is 6.51. The van der Waals surface area contributed by atoms with Crippen LogP contribution < -0.4 is 10.1 Å². The summed E-state index contributed by atoms with van der Waals surface area (Å²) in [6.45, 7) is 9.64. The van der Waals surface area contributed by atoms with Gasteiger partial charge in [-0.1, -0.05) is 20.8 Å². The molecular weight excluding hydrogens is 292 g/mol. The van der Waals surface area contributed by atoms with Crippen molar-refractivity contribution in [3.8, 4) is 11.8 Å². The zero-order chi connectivity index (χ0) is 17.3. The molecule has 0 fully saturated rings. The number of ether oxygens (including phenoxy) is 2. The van der Waals surface area contributed by atoms with E-state index in [1.165, 1.54) is 0 Å². The van der Waals surface area contributed by atoms with Crippen LogP contribution >= 0.6 is 0 Å². The zero-order valence-corrected chi connectivity index (χ0v) is 14.4. The first-order valence-corrected chi connectivity index (χ1v) is 7.92. The van der Waals surface area contributed by atoms with Gasteiger partial charge >= 0.3 is 5.97 Å². The highest BCUT2D eigenvalue weighted by Gasteiger charge is 2.13. The molecule has 0 bridgehead atoms. The summed E-state index contributed by atoms with van der Waals surface area (Å²) >= 11 is 0. The molecule has 0 unspecified atom stereocenters. The summed E-state index contributed by atoms with van der Waals surface area (Å²) in [5, 5.41) is 12.5. The summed E-state index contributed by atoms with van der Waals surface area (Å²) in [5.74, 6) is 0.414. The number of carbonyl (C=O) groups is 1. The van der Waals surface area contributed by atoms with Gasteiger partial charge in [0.1, 0.15) is 11.8 Å². The number of benzene rings is 1. The predicted octanol–water partition coefficient (Wildman–Crippen LogP) is 3.74. The number of nitrogens with zero attached hydrogens (tertiary/aromatic N) is 1. The van der Waals surface area contributed by atoms with E-state index in [-0.39, 0.29) is 11.4 Å². The van der Waals surface area contributed by atoms with Gasteiger partial charge in [-0.25, -0.2) is 0 Å². The van der Waals surface area contributed by atoms with Gasteiger partial charge in [-0.05, 0) is 37.0 Å². The molecule has 1 aromatic carbocycles. The van der Waals surface area contributed by atoms with Gasteiger partial charge in [-0.3, -0.25) is 4.79 Å². The van der Waals surface area contributed by atoms with Crippen LogP contribution in [0.5, 0.6) is 5.75 Å². The van der Waals surface area contributed by atoms with E-state index in [4.69, 9.17) is 9.47 Å². The van der Waals surface area contributed by atoms with Crippen LogP contribution in [0.2, 0.25) is 0 Å². The molecule has 1 rings (SSSR count). The van der Waals surface area contributed by atoms with Gasteiger partial charge in [0.2, 0.25) is 0 Å². The third-order valence-corrected chi connectivity index (χ3v) is 2.95. The number of nitriles is 1. The van der Waals surface area contributed by atoms with Crippen molar-refractivity contribution in [3.05, 3.63) is 23.8 Å². The highest BCUT2D eigenvalue weighted by molar-refractivity contribution is 5.69. The van der Waals surface area contributed by atoms with Crippen molar-refractivity contribution in [2.24, 2.45) is 5.41 Å². The lowest BCUT2D eigenvalue weighted by atomic mass is 9.98. The zero-order valence-electron chi connectivity index (χ0n) is 14.4. The van der Waals surface area contributed by atoms with E-state index in [1.807, 2.05) is 6.07 Å². The Balaban J connectivity index is 2.52. The molecule has 0 aliphatic carbocycles. The molecule has 0 aliphatic heterocycles. The molecule has 1 aromatic rings. The standard InChI is InChI=1S/C18H26N2O3/c1-5-22-17(21)7-6-10-20-15-8-9-16(14(11-15)12-19)23-13-18(2,3)4/h8-9,11,20H,5-7,10,13H2,1-4H3. The van der Waals surface area contributed by atoms with E-state index in [9.17, 15) is 10.1 Å². The average Bonchev–Trinajstić information content (AvgIpc) is 2.49. The van der Waals surface area contributed by atoms with E-state index in [1.54, 1.807) is 19.1 Å². The van der Waals surface area contributed by atoms with Crippen LogP contribution in [0.15, 0.2) is 18.2 Å². The lowest BCUT2D eigenvalue weighted by Crippen LogP contribution is -2.17. The van der Waals surface area contributed by atoms with Gasteiger partial charge in [0.05, 0.1) is 18.8 Å². The summed E-state index contributed by atoms with van der Waals surface area (Å²) in [4.78, 5) is 11.2. The average molecular weight is 318 g/mol. The summed E-state index contributed by atoms with van der Waals surface area (Å²) in [6.07, 6.45) is 1.07. The minimum absolute atomic E-state index is 0.0384. The third kappa shape index (κ3) is 7.55. The third-order valence-electron chi connectivity index (χ3n) is 2.95. The van der Waals surface area contributed by atoms with E-state index < -0.39 is 0 Å². The fraction of sp³-hybridized carbons (Fsp3) is 0.556. The molecule has 0 saturated carbocycles. The Morgan fingerprint density at radius 1 is 1.35 bits per heavy atom. The Hall–Kier alpha value is -2.22. The van der Waals surface area contributed by atoms with Gasteiger partial charge in [-0.2, -0.15) is 5.26 Å². The van der Waals surface area contributed by atoms with Crippen LogP contribution in [0.1, 0.15) is 46.1 Å². The van der Waals surface area contributed by atoms with Gasteiger partial charge in [0.25, 0.3) is 0 Å². The molecule has 126 valence electrons. The molecule has 0 aliphatic rings. The van der Waals surface area contributed by atoms with Gasteiger partial charge in [0.15, 0.2) is 0 Å². The van der Waals surface area contributed by atoms with E-state index in [2.05, 4.69) is 32.2 Å². The van der Waals surface area contributed by atoms with Crippen LogP contribution in [-0.2, 0) is 9.53 Å². The molecule has 5 heteroatoms. The Morgan fingerprint density at radius 3 is 2.70 bits per heavy atom. The number of nitrogens with one attached hydrogen (secondary N) is 1. The van der Waals surface area contributed by atoms with Crippen molar-refractivity contribution in [1.29, 1.82) is 5.26 Å². The quantitative estimate of drug-likeness (QED) is 0.584. The van der Waals surface area contributed by atoms with Gasteiger partial charge in [-0.15, -0.1) is 0 Å². The van der Waals surface area contributed by atoms with Crippen LogP contribution in [0.4, 0.5) is 5.69 Å². The van der Waals surface area contributed by atoms with Crippen molar-refractivity contribution >= 4 is 11.7 Å². The lowest BCUT2D eigenvalue weighted by molar-refractivity contribution is -0.143. The topological polar surface area (TPSA) is 71.3 Å². The van der Waals surface area contributed by atoms with E-state index in [0.29, 0.717) is 43.9 Å². The largest absolute Gasteiger partial charge is 0.492 e. The first-order valence-electron chi connectivity index (χ1n) is 7.92. The summed E-state index contributed by atoms with van der Waals surface area (Å²) in [6, 6.07) is 7.61. The molecule has 0 amide bonds. The lowest BCUT2D eigenvalue weighted by Gasteiger charge is -2.19. The van der Waals surface area contributed by atoms with Crippen molar-refractivity contribution in [3.63, 3.8) is 0 Å². The molecule has 0 saturated heterocycles. The van der Waals surface area contributed by atoms with E-state index in [0.717, 1.165) is 5.69 Å². The van der Waals surface area contributed by atoms with Gasteiger partial charge in [0, 0.05) is 18.7 Å².